The highest BCUT2D eigenvalue weighted by molar-refractivity contribution is 7.90. The fourth-order valence-corrected chi connectivity index (χ4v) is 3.97. The van der Waals surface area contributed by atoms with Gasteiger partial charge in [0.05, 0.1) is 9.92 Å². The maximum Gasteiger partial charge on any atom is 0.261 e. The molecule has 2 aromatic carbocycles. The van der Waals surface area contributed by atoms with E-state index in [0.717, 1.165) is 6.26 Å². The van der Waals surface area contributed by atoms with Crippen molar-refractivity contribution in [2.24, 2.45) is 0 Å². The molecule has 3 aromatic rings. The van der Waals surface area contributed by atoms with Crippen molar-refractivity contribution in [2.75, 3.05) is 11.6 Å². The fraction of sp³-hybridized carbons (Fsp3) is 0.158. The lowest BCUT2D eigenvalue weighted by atomic mass is 10.1. The quantitative estimate of drug-likeness (QED) is 0.701. The van der Waals surface area contributed by atoms with Crippen LogP contribution in [0.2, 0.25) is 5.02 Å². The van der Waals surface area contributed by atoms with Crippen LogP contribution in [-0.2, 0) is 9.84 Å². The highest BCUT2D eigenvalue weighted by atomic mass is 35.5. The van der Waals surface area contributed by atoms with Crippen molar-refractivity contribution in [3.63, 3.8) is 0 Å². The Hall–Kier alpha value is -2.64. The van der Waals surface area contributed by atoms with E-state index in [9.17, 15) is 13.2 Å². The second-order valence-electron chi connectivity index (χ2n) is 6.15. The van der Waals surface area contributed by atoms with Gasteiger partial charge >= 0.3 is 0 Å². The molecule has 1 N–H and O–H groups in total. The lowest BCUT2D eigenvalue weighted by molar-refractivity contribution is 0.102. The third kappa shape index (κ3) is 3.89. The average Bonchev–Trinajstić information content (AvgIpc) is 2.97. The minimum absolute atomic E-state index is 0.161. The van der Waals surface area contributed by atoms with E-state index in [4.69, 9.17) is 16.1 Å². The normalized spacial score (nSPS) is 11.4. The first-order chi connectivity index (χ1) is 12.7. The minimum Gasteiger partial charge on any atom is -0.360 e. The number of carbonyl (C=O) groups excluding carboxylic acids is 1. The van der Waals surface area contributed by atoms with Crippen molar-refractivity contribution >= 4 is 33.0 Å². The molecule has 1 amide bonds. The molecule has 0 aliphatic rings. The molecule has 0 radical (unpaired) electrons. The largest absolute Gasteiger partial charge is 0.360 e. The monoisotopic (exact) mass is 404 g/mol. The third-order valence-electron chi connectivity index (χ3n) is 4.06. The first-order valence-corrected chi connectivity index (χ1v) is 10.3. The molecular formula is C19H17ClN2O4S. The maximum atomic E-state index is 12.8. The SMILES string of the molecule is Cc1ccc(NC(=O)c2c(-c3ccccc3Cl)noc2C)cc1S(C)(=O)=O. The number of nitrogens with zero attached hydrogens (tertiary/aromatic N) is 1. The molecule has 1 aromatic heterocycles. The van der Waals surface area contributed by atoms with E-state index in [0.29, 0.717) is 33.3 Å². The zero-order valence-corrected chi connectivity index (χ0v) is 16.5. The van der Waals surface area contributed by atoms with Gasteiger partial charge in [0, 0.05) is 17.5 Å². The van der Waals surface area contributed by atoms with Crippen LogP contribution in [0.15, 0.2) is 51.9 Å². The average molecular weight is 405 g/mol. The van der Waals surface area contributed by atoms with Crippen molar-refractivity contribution in [3.8, 4) is 11.3 Å². The number of sulfone groups is 1. The molecule has 3 rings (SSSR count). The zero-order chi connectivity index (χ0) is 19.8. The van der Waals surface area contributed by atoms with Gasteiger partial charge < -0.3 is 9.84 Å². The van der Waals surface area contributed by atoms with Gasteiger partial charge in [0.25, 0.3) is 5.91 Å². The molecule has 6 nitrogen and oxygen atoms in total. The number of benzene rings is 2. The van der Waals surface area contributed by atoms with Crippen LogP contribution in [-0.4, -0.2) is 25.7 Å². The Bertz CT molecular complexity index is 1140. The summed E-state index contributed by atoms with van der Waals surface area (Å²) in [6.45, 7) is 3.32. The summed E-state index contributed by atoms with van der Waals surface area (Å²) in [5, 5.41) is 7.11. The molecule has 0 aliphatic heterocycles. The summed E-state index contributed by atoms with van der Waals surface area (Å²) < 4.78 is 29.0. The second kappa shape index (κ2) is 7.17. The minimum atomic E-state index is -3.41. The molecule has 0 spiro atoms. The molecule has 0 bridgehead atoms. The second-order valence-corrected chi connectivity index (χ2v) is 8.54. The lowest BCUT2D eigenvalue weighted by Gasteiger charge is -2.10. The van der Waals surface area contributed by atoms with E-state index in [1.165, 1.54) is 6.07 Å². The van der Waals surface area contributed by atoms with Crippen molar-refractivity contribution < 1.29 is 17.7 Å². The number of carbonyl (C=O) groups is 1. The number of hydrogen-bond acceptors (Lipinski definition) is 5. The molecule has 1 heterocycles. The van der Waals surface area contributed by atoms with Crippen LogP contribution in [0.1, 0.15) is 21.7 Å². The topological polar surface area (TPSA) is 89.3 Å². The Balaban J connectivity index is 2.00. The highest BCUT2D eigenvalue weighted by Crippen LogP contribution is 2.31. The van der Waals surface area contributed by atoms with Crippen molar-refractivity contribution in [1.82, 2.24) is 5.16 Å². The van der Waals surface area contributed by atoms with Crippen LogP contribution >= 0.6 is 11.6 Å². The molecule has 8 heteroatoms. The number of aromatic nitrogens is 1. The number of nitrogens with one attached hydrogen (secondary N) is 1. The van der Waals surface area contributed by atoms with Crippen LogP contribution in [0.3, 0.4) is 0 Å². The molecule has 0 aliphatic carbocycles. The molecule has 0 saturated heterocycles. The van der Waals surface area contributed by atoms with Gasteiger partial charge in [-0.1, -0.05) is 41.0 Å². The van der Waals surface area contributed by atoms with Crippen molar-refractivity contribution in [2.45, 2.75) is 18.7 Å². The number of rotatable bonds is 4. The Morgan fingerprint density at radius 2 is 1.85 bits per heavy atom. The standard InChI is InChI=1S/C19H17ClN2O4S/c1-11-8-9-13(10-16(11)27(3,24)25)21-19(23)17-12(2)26-22-18(17)14-6-4-5-7-15(14)20/h4-10H,1-3H3,(H,21,23). The number of anilines is 1. The number of aryl methyl sites for hydroxylation is 2. The van der Waals surface area contributed by atoms with Crippen molar-refractivity contribution in [1.29, 1.82) is 0 Å². The van der Waals surface area contributed by atoms with E-state index in [1.54, 1.807) is 50.2 Å². The molecule has 0 saturated carbocycles. The third-order valence-corrected chi connectivity index (χ3v) is 5.63. The summed E-state index contributed by atoms with van der Waals surface area (Å²) in [6.07, 6.45) is 1.13. The summed E-state index contributed by atoms with van der Waals surface area (Å²) in [4.78, 5) is 13.0. The number of halogens is 1. The zero-order valence-electron chi connectivity index (χ0n) is 14.9. The molecule has 0 fully saturated rings. The first-order valence-electron chi connectivity index (χ1n) is 8.01. The Kier molecular flexibility index (Phi) is 5.08. The Labute approximate surface area is 162 Å². The molecule has 0 unspecified atom stereocenters. The summed E-state index contributed by atoms with van der Waals surface area (Å²) in [5.74, 6) is -0.134. The smallest absolute Gasteiger partial charge is 0.261 e. The fourth-order valence-electron chi connectivity index (χ4n) is 2.75. The Morgan fingerprint density at radius 1 is 1.15 bits per heavy atom. The van der Waals surface area contributed by atoms with Gasteiger partial charge in [-0.25, -0.2) is 8.42 Å². The Morgan fingerprint density at radius 3 is 2.52 bits per heavy atom. The summed E-state index contributed by atoms with van der Waals surface area (Å²) in [6, 6.07) is 11.7. The number of hydrogen-bond donors (Lipinski definition) is 1. The van der Waals surface area contributed by atoms with Crippen LogP contribution < -0.4 is 5.32 Å². The molecule has 27 heavy (non-hydrogen) atoms. The van der Waals surface area contributed by atoms with Gasteiger partial charge in [-0.05, 0) is 37.6 Å². The van der Waals surface area contributed by atoms with Crippen LogP contribution in [0.5, 0.6) is 0 Å². The van der Waals surface area contributed by atoms with Crippen LogP contribution in [0, 0.1) is 13.8 Å². The first kappa shape index (κ1) is 19.1. The van der Waals surface area contributed by atoms with Gasteiger partial charge in [0.15, 0.2) is 9.84 Å². The summed E-state index contributed by atoms with van der Waals surface area (Å²) in [7, 11) is -3.41. The van der Waals surface area contributed by atoms with E-state index in [-0.39, 0.29) is 10.5 Å². The van der Waals surface area contributed by atoms with Gasteiger partial charge in [0.1, 0.15) is 17.0 Å². The van der Waals surface area contributed by atoms with Gasteiger partial charge in [-0.2, -0.15) is 0 Å². The van der Waals surface area contributed by atoms with E-state index in [2.05, 4.69) is 10.5 Å². The van der Waals surface area contributed by atoms with Crippen molar-refractivity contribution in [3.05, 3.63) is 64.4 Å². The highest BCUT2D eigenvalue weighted by Gasteiger charge is 2.23. The van der Waals surface area contributed by atoms with E-state index >= 15 is 0 Å². The van der Waals surface area contributed by atoms with Crippen LogP contribution in [0.25, 0.3) is 11.3 Å². The van der Waals surface area contributed by atoms with Gasteiger partial charge in [0.2, 0.25) is 0 Å². The predicted octanol–water partition coefficient (Wildman–Crippen LogP) is 4.27. The molecule has 140 valence electrons. The number of amides is 1. The summed E-state index contributed by atoms with van der Waals surface area (Å²) in [5.41, 5.74) is 2.10. The predicted molar refractivity (Wildman–Crippen MR) is 104 cm³/mol. The maximum absolute atomic E-state index is 12.8. The van der Waals surface area contributed by atoms with E-state index < -0.39 is 15.7 Å². The van der Waals surface area contributed by atoms with Gasteiger partial charge in [-0.15, -0.1) is 0 Å². The molecular weight excluding hydrogens is 388 g/mol. The molecule has 0 atom stereocenters. The van der Waals surface area contributed by atoms with E-state index in [1.807, 2.05) is 0 Å². The van der Waals surface area contributed by atoms with Gasteiger partial charge in [-0.3, -0.25) is 4.79 Å². The lowest BCUT2D eigenvalue weighted by Crippen LogP contribution is -2.14. The summed E-state index contributed by atoms with van der Waals surface area (Å²) >= 11 is 6.21. The van der Waals surface area contributed by atoms with Crippen LogP contribution in [0.4, 0.5) is 5.69 Å².